The molecule has 5 nitrogen and oxygen atoms in total. The number of amides is 1. The summed E-state index contributed by atoms with van der Waals surface area (Å²) < 4.78 is 2.07. The summed E-state index contributed by atoms with van der Waals surface area (Å²) in [6.07, 6.45) is 3.56. The normalized spacial score (nSPS) is 16.9. The highest BCUT2D eigenvalue weighted by Gasteiger charge is 2.28. The number of carbonyl (C=O) groups excluding carboxylic acids is 1. The van der Waals surface area contributed by atoms with Crippen molar-refractivity contribution in [1.82, 2.24) is 20.0 Å². The topological polar surface area (TPSA) is 50.2 Å². The molecule has 0 bridgehead atoms. The van der Waals surface area contributed by atoms with Crippen molar-refractivity contribution in [3.63, 3.8) is 0 Å². The van der Waals surface area contributed by atoms with Crippen LogP contribution in [0.5, 0.6) is 0 Å². The molecule has 1 fully saturated rings. The number of hydrogen-bond donors (Lipinski definition) is 1. The summed E-state index contributed by atoms with van der Waals surface area (Å²) in [7, 11) is 1.95. The number of benzene rings is 1. The number of nitrogens with zero attached hydrogens (tertiary/aromatic N) is 3. The van der Waals surface area contributed by atoms with E-state index in [-0.39, 0.29) is 5.91 Å². The van der Waals surface area contributed by atoms with Gasteiger partial charge in [-0.2, -0.15) is 5.10 Å². The summed E-state index contributed by atoms with van der Waals surface area (Å²) in [6.45, 7) is 8.83. The molecule has 1 aliphatic heterocycles. The van der Waals surface area contributed by atoms with Gasteiger partial charge in [-0.15, -0.1) is 0 Å². The fourth-order valence-corrected chi connectivity index (χ4v) is 4.10. The Morgan fingerprint density at radius 1 is 1.22 bits per heavy atom. The number of rotatable bonds is 7. The minimum absolute atomic E-state index is 0.276. The van der Waals surface area contributed by atoms with E-state index in [2.05, 4.69) is 59.9 Å². The smallest absolute Gasteiger partial charge is 0.223 e. The van der Waals surface area contributed by atoms with Gasteiger partial charge in [0.2, 0.25) is 5.91 Å². The van der Waals surface area contributed by atoms with Crippen LogP contribution in [0.4, 0.5) is 0 Å². The molecule has 5 heteroatoms. The van der Waals surface area contributed by atoms with E-state index in [9.17, 15) is 4.79 Å². The van der Waals surface area contributed by atoms with Crippen molar-refractivity contribution in [3.05, 3.63) is 52.3 Å². The van der Waals surface area contributed by atoms with E-state index < -0.39 is 0 Å². The fourth-order valence-electron chi connectivity index (χ4n) is 4.10. The van der Waals surface area contributed by atoms with E-state index >= 15 is 0 Å². The molecule has 1 saturated heterocycles. The van der Waals surface area contributed by atoms with Gasteiger partial charge in [0, 0.05) is 31.2 Å². The van der Waals surface area contributed by atoms with Gasteiger partial charge in [-0.05, 0) is 58.2 Å². The average Bonchev–Trinajstić information content (AvgIpc) is 3.21. The highest BCUT2D eigenvalue weighted by molar-refractivity contribution is 5.77. The lowest BCUT2D eigenvalue weighted by Crippen LogP contribution is -2.40. The number of likely N-dealkylation sites (N-methyl/N-ethyl adjacent to an activating group) is 1. The van der Waals surface area contributed by atoms with Gasteiger partial charge in [0.15, 0.2) is 0 Å². The van der Waals surface area contributed by atoms with Crippen LogP contribution in [-0.4, -0.2) is 46.8 Å². The molecule has 2 heterocycles. The Kier molecular flexibility index (Phi) is 6.32. The Morgan fingerprint density at radius 3 is 2.67 bits per heavy atom. The van der Waals surface area contributed by atoms with E-state index in [0.29, 0.717) is 12.5 Å². The average molecular weight is 369 g/mol. The summed E-state index contributed by atoms with van der Waals surface area (Å²) in [5.74, 6) is 0.276. The highest BCUT2D eigenvalue weighted by Crippen LogP contribution is 2.21. The molecule has 0 radical (unpaired) electrons. The van der Waals surface area contributed by atoms with Crippen LogP contribution in [0.2, 0.25) is 0 Å². The molecule has 1 aliphatic rings. The van der Waals surface area contributed by atoms with Gasteiger partial charge >= 0.3 is 0 Å². The predicted molar refractivity (Wildman–Crippen MR) is 109 cm³/mol. The Bertz CT molecular complexity index is 778. The van der Waals surface area contributed by atoms with Crippen LogP contribution in [0.1, 0.15) is 47.3 Å². The first kappa shape index (κ1) is 19.6. The van der Waals surface area contributed by atoms with Gasteiger partial charge in [0.25, 0.3) is 0 Å². The predicted octanol–water partition coefficient (Wildman–Crippen LogP) is 3.00. The van der Waals surface area contributed by atoms with E-state index in [0.717, 1.165) is 44.6 Å². The Balaban J connectivity index is 1.64. The number of aryl methyl sites for hydroxylation is 2. The van der Waals surface area contributed by atoms with Crippen molar-refractivity contribution in [3.8, 4) is 0 Å². The molecule has 0 spiro atoms. The summed E-state index contributed by atoms with van der Waals surface area (Å²) >= 11 is 0. The van der Waals surface area contributed by atoms with E-state index in [4.69, 9.17) is 5.10 Å². The quantitative estimate of drug-likeness (QED) is 0.817. The molecule has 2 aromatic rings. The monoisotopic (exact) mass is 368 g/mol. The third kappa shape index (κ3) is 4.59. The molecule has 0 aliphatic carbocycles. The van der Waals surface area contributed by atoms with Crippen LogP contribution in [0, 0.1) is 20.8 Å². The van der Waals surface area contributed by atoms with E-state index in [1.807, 2.05) is 7.05 Å². The van der Waals surface area contributed by atoms with Crippen molar-refractivity contribution in [1.29, 1.82) is 0 Å². The van der Waals surface area contributed by atoms with Crippen LogP contribution in [-0.2, 0) is 17.8 Å². The van der Waals surface area contributed by atoms with Crippen molar-refractivity contribution in [2.75, 3.05) is 20.1 Å². The first-order valence-corrected chi connectivity index (χ1v) is 10.0. The molecule has 1 atom stereocenters. The molecule has 1 aromatic heterocycles. The second kappa shape index (κ2) is 8.70. The summed E-state index contributed by atoms with van der Waals surface area (Å²) in [5.41, 5.74) is 5.96. The Labute approximate surface area is 162 Å². The molecule has 27 heavy (non-hydrogen) atoms. The Morgan fingerprint density at radius 2 is 1.96 bits per heavy atom. The molecule has 146 valence electrons. The van der Waals surface area contributed by atoms with Crippen molar-refractivity contribution < 1.29 is 4.79 Å². The molecule has 1 aromatic carbocycles. The van der Waals surface area contributed by atoms with Gasteiger partial charge in [-0.1, -0.05) is 29.8 Å². The first-order chi connectivity index (χ1) is 13.0. The third-order valence-corrected chi connectivity index (χ3v) is 5.71. The maximum absolute atomic E-state index is 12.7. The second-order valence-corrected chi connectivity index (χ2v) is 7.73. The van der Waals surface area contributed by atoms with Gasteiger partial charge in [-0.3, -0.25) is 9.48 Å². The second-order valence-electron chi connectivity index (χ2n) is 7.73. The molecule has 0 saturated carbocycles. The zero-order valence-corrected chi connectivity index (χ0v) is 17.1. The number of carbonyl (C=O) groups is 1. The lowest BCUT2D eigenvalue weighted by Gasteiger charge is -2.24. The van der Waals surface area contributed by atoms with Crippen LogP contribution in [0.15, 0.2) is 24.3 Å². The van der Waals surface area contributed by atoms with Crippen LogP contribution >= 0.6 is 0 Å². The minimum Gasteiger partial charge on any atom is -0.338 e. The maximum Gasteiger partial charge on any atom is 0.223 e. The molecular weight excluding hydrogens is 336 g/mol. The first-order valence-electron chi connectivity index (χ1n) is 10.0. The van der Waals surface area contributed by atoms with E-state index in [1.54, 1.807) is 0 Å². The molecule has 1 N–H and O–H groups in total. The van der Waals surface area contributed by atoms with Crippen molar-refractivity contribution in [2.24, 2.45) is 0 Å². The summed E-state index contributed by atoms with van der Waals surface area (Å²) in [5, 5.41) is 7.94. The molecule has 0 unspecified atom stereocenters. The molecular formula is C22H32N4O. The molecule has 1 amide bonds. The third-order valence-electron chi connectivity index (χ3n) is 5.71. The van der Waals surface area contributed by atoms with Gasteiger partial charge in [0.1, 0.15) is 0 Å². The zero-order valence-electron chi connectivity index (χ0n) is 17.1. The lowest BCUT2D eigenvalue weighted by atomic mass is 10.1. The van der Waals surface area contributed by atoms with Crippen LogP contribution in [0.25, 0.3) is 0 Å². The van der Waals surface area contributed by atoms with Crippen LogP contribution in [0.3, 0.4) is 0 Å². The molecule has 3 rings (SSSR count). The number of hydrogen-bond acceptors (Lipinski definition) is 3. The number of aromatic nitrogens is 2. The zero-order chi connectivity index (χ0) is 19.4. The highest BCUT2D eigenvalue weighted by atomic mass is 16.2. The SMILES string of the molecule is CNC[C@@H]1CCCN1C(=O)CCc1c(C)nn(Cc2ccc(C)cc2)c1C. The van der Waals surface area contributed by atoms with Crippen molar-refractivity contribution in [2.45, 2.75) is 59.0 Å². The minimum atomic E-state index is 0.276. The van der Waals surface area contributed by atoms with Gasteiger partial charge in [0.05, 0.1) is 12.2 Å². The van der Waals surface area contributed by atoms with Gasteiger partial charge < -0.3 is 10.2 Å². The summed E-state index contributed by atoms with van der Waals surface area (Å²) in [6, 6.07) is 8.94. The lowest BCUT2D eigenvalue weighted by molar-refractivity contribution is -0.131. The maximum atomic E-state index is 12.7. The number of likely N-dealkylation sites (tertiary alicyclic amines) is 1. The Hall–Kier alpha value is -2.14. The fraction of sp³-hybridized carbons (Fsp3) is 0.545. The van der Waals surface area contributed by atoms with Crippen molar-refractivity contribution >= 4 is 5.91 Å². The number of nitrogens with one attached hydrogen (secondary N) is 1. The standard InChI is InChI=1S/C22H32N4O/c1-16-7-9-19(10-8-16)15-26-18(3)21(17(2)24-26)11-12-22(27)25-13-5-6-20(25)14-23-4/h7-10,20,23H,5-6,11-15H2,1-4H3/t20-/m0/s1. The van der Waals surface area contributed by atoms with Crippen LogP contribution < -0.4 is 5.32 Å². The van der Waals surface area contributed by atoms with E-state index in [1.165, 1.54) is 22.4 Å². The largest absolute Gasteiger partial charge is 0.338 e. The summed E-state index contributed by atoms with van der Waals surface area (Å²) in [4.78, 5) is 14.8. The van der Waals surface area contributed by atoms with Gasteiger partial charge in [-0.25, -0.2) is 0 Å².